The highest BCUT2D eigenvalue weighted by Crippen LogP contribution is 2.16. The molecule has 0 bridgehead atoms. The normalized spacial score (nSPS) is 10.6. The standard InChI is InChI=1S/C18H18BrNO2/c1-2-12-22-17-9-6-14(7-10-17)8-11-18(21)20-16-5-3-4-15(19)13-16/h3-11,13H,2,12H2,1H3,(H,20,21). The minimum Gasteiger partial charge on any atom is -0.494 e. The first-order chi connectivity index (χ1) is 10.7. The van der Waals surface area contributed by atoms with Gasteiger partial charge in [-0.05, 0) is 48.4 Å². The number of rotatable bonds is 6. The maximum atomic E-state index is 11.9. The lowest BCUT2D eigenvalue weighted by Gasteiger charge is -2.04. The highest BCUT2D eigenvalue weighted by Gasteiger charge is 1.98. The van der Waals surface area contributed by atoms with Crippen LogP contribution < -0.4 is 10.1 Å². The molecule has 2 aromatic carbocycles. The molecule has 0 aliphatic rings. The van der Waals surface area contributed by atoms with E-state index in [0.29, 0.717) is 6.61 Å². The number of amides is 1. The molecule has 0 aliphatic heterocycles. The number of anilines is 1. The van der Waals surface area contributed by atoms with Gasteiger partial charge in [-0.3, -0.25) is 4.79 Å². The molecule has 0 saturated carbocycles. The maximum absolute atomic E-state index is 11.9. The Morgan fingerprint density at radius 1 is 1.23 bits per heavy atom. The minimum atomic E-state index is -0.163. The molecule has 0 heterocycles. The van der Waals surface area contributed by atoms with Crippen molar-refractivity contribution in [1.29, 1.82) is 0 Å². The van der Waals surface area contributed by atoms with E-state index in [-0.39, 0.29) is 5.91 Å². The van der Waals surface area contributed by atoms with Crippen LogP contribution in [-0.2, 0) is 4.79 Å². The van der Waals surface area contributed by atoms with E-state index < -0.39 is 0 Å². The summed E-state index contributed by atoms with van der Waals surface area (Å²) in [7, 11) is 0. The Labute approximate surface area is 139 Å². The summed E-state index contributed by atoms with van der Waals surface area (Å²) in [4.78, 5) is 11.9. The van der Waals surface area contributed by atoms with Crippen LogP contribution in [0.3, 0.4) is 0 Å². The predicted octanol–water partition coefficient (Wildman–Crippen LogP) is 4.89. The van der Waals surface area contributed by atoms with Crippen LogP contribution in [-0.4, -0.2) is 12.5 Å². The third-order valence-electron chi connectivity index (χ3n) is 2.87. The van der Waals surface area contributed by atoms with Gasteiger partial charge in [0.1, 0.15) is 5.75 Å². The van der Waals surface area contributed by atoms with Crippen molar-refractivity contribution in [2.24, 2.45) is 0 Å². The summed E-state index contributed by atoms with van der Waals surface area (Å²) in [5.74, 6) is 0.682. The molecule has 22 heavy (non-hydrogen) atoms. The van der Waals surface area contributed by atoms with Crippen molar-refractivity contribution >= 4 is 33.6 Å². The van der Waals surface area contributed by atoms with Crippen molar-refractivity contribution in [3.63, 3.8) is 0 Å². The fourth-order valence-electron chi connectivity index (χ4n) is 1.82. The summed E-state index contributed by atoms with van der Waals surface area (Å²) >= 11 is 3.37. The molecular formula is C18H18BrNO2. The van der Waals surface area contributed by atoms with Gasteiger partial charge < -0.3 is 10.1 Å². The SMILES string of the molecule is CCCOc1ccc(C=CC(=O)Nc2cccc(Br)c2)cc1. The molecule has 1 amide bonds. The van der Waals surface area contributed by atoms with E-state index in [4.69, 9.17) is 4.74 Å². The molecule has 114 valence electrons. The Balaban J connectivity index is 1.92. The van der Waals surface area contributed by atoms with Gasteiger partial charge in [-0.15, -0.1) is 0 Å². The Bertz CT molecular complexity index is 650. The van der Waals surface area contributed by atoms with Crippen LogP contribution in [0.4, 0.5) is 5.69 Å². The lowest BCUT2D eigenvalue weighted by Crippen LogP contribution is -2.07. The fourth-order valence-corrected chi connectivity index (χ4v) is 2.22. The second kappa shape index (κ2) is 8.39. The molecule has 2 aromatic rings. The molecule has 0 atom stereocenters. The molecule has 0 unspecified atom stereocenters. The van der Waals surface area contributed by atoms with Gasteiger partial charge in [0.25, 0.3) is 0 Å². The lowest BCUT2D eigenvalue weighted by atomic mass is 10.2. The van der Waals surface area contributed by atoms with E-state index >= 15 is 0 Å². The first-order valence-corrected chi connectivity index (χ1v) is 7.94. The number of hydrogen-bond acceptors (Lipinski definition) is 2. The van der Waals surface area contributed by atoms with E-state index in [1.54, 1.807) is 6.08 Å². The second-order valence-electron chi connectivity index (χ2n) is 4.75. The first kappa shape index (κ1) is 16.3. The first-order valence-electron chi connectivity index (χ1n) is 7.15. The molecule has 0 radical (unpaired) electrons. The molecule has 0 spiro atoms. The average Bonchev–Trinajstić information content (AvgIpc) is 2.52. The van der Waals surface area contributed by atoms with Crippen LogP contribution in [0.2, 0.25) is 0 Å². The van der Waals surface area contributed by atoms with E-state index in [2.05, 4.69) is 28.2 Å². The minimum absolute atomic E-state index is 0.163. The van der Waals surface area contributed by atoms with Gasteiger partial charge in [0.05, 0.1) is 6.61 Å². The van der Waals surface area contributed by atoms with Crippen molar-refractivity contribution in [3.8, 4) is 5.75 Å². The monoisotopic (exact) mass is 359 g/mol. The molecule has 0 aliphatic carbocycles. The highest BCUT2D eigenvalue weighted by atomic mass is 79.9. The highest BCUT2D eigenvalue weighted by molar-refractivity contribution is 9.10. The summed E-state index contributed by atoms with van der Waals surface area (Å²) in [6.07, 6.45) is 4.27. The number of carbonyl (C=O) groups is 1. The van der Waals surface area contributed by atoms with Gasteiger partial charge in [-0.1, -0.05) is 41.1 Å². The van der Waals surface area contributed by atoms with Gasteiger partial charge >= 0.3 is 0 Å². The maximum Gasteiger partial charge on any atom is 0.248 e. The lowest BCUT2D eigenvalue weighted by molar-refractivity contribution is -0.111. The van der Waals surface area contributed by atoms with Crippen molar-refractivity contribution in [3.05, 3.63) is 64.6 Å². The van der Waals surface area contributed by atoms with Gasteiger partial charge in [0.2, 0.25) is 5.91 Å². The predicted molar refractivity (Wildman–Crippen MR) is 94.0 cm³/mol. The summed E-state index contributed by atoms with van der Waals surface area (Å²) in [6, 6.07) is 15.1. The summed E-state index contributed by atoms with van der Waals surface area (Å²) < 4.78 is 6.45. The van der Waals surface area contributed by atoms with Crippen LogP contribution >= 0.6 is 15.9 Å². The number of benzene rings is 2. The molecule has 3 nitrogen and oxygen atoms in total. The number of halogens is 1. The number of nitrogens with one attached hydrogen (secondary N) is 1. The van der Waals surface area contributed by atoms with Crippen molar-refractivity contribution < 1.29 is 9.53 Å². The Kier molecular flexibility index (Phi) is 6.22. The zero-order valence-corrected chi connectivity index (χ0v) is 14.0. The van der Waals surface area contributed by atoms with Crippen molar-refractivity contribution in [2.45, 2.75) is 13.3 Å². The van der Waals surface area contributed by atoms with E-state index in [1.165, 1.54) is 6.08 Å². The molecule has 0 fully saturated rings. The molecule has 0 aromatic heterocycles. The molecule has 0 saturated heterocycles. The number of ether oxygens (including phenoxy) is 1. The van der Waals surface area contributed by atoms with Crippen LogP contribution in [0.25, 0.3) is 6.08 Å². The summed E-state index contributed by atoms with van der Waals surface area (Å²) in [5.41, 5.74) is 1.71. The van der Waals surface area contributed by atoms with Gasteiger partial charge in [0.15, 0.2) is 0 Å². The topological polar surface area (TPSA) is 38.3 Å². The van der Waals surface area contributed by atoms with Crippen LogP contribution in [0.15, 0.2) is 59.1 Å². The van der Waals surface area contributed by atoms with Gasteiger partial charge in [0, 0.05) is 16.2 Å². The third kappa shape index (κ3) is 5.37. The van der Waals surface area contributed by atoms with Crippen molar-refractivity contribution in [2.75, 3.05) is 11.9 Å². The largest absolute Gasteiger partial charge is 0.494 e. The van der Waals surface area contributed by atoms with E-state index in [0.717, 1.165) is 27.9 Å². The quantitative estimate of drug-likeness (QED) is 0.745. The van der Waals surface area contributed by atoms with Crippen LogP contribution in [0.1, 0.15) is 18.9 Å². The van der Waals surface area contributed by atoms with Crippen LogP contribution in [0, 0.1) is 0 Å². The van der Waals surface area contributed by atoms with E-state index in [1.807, 2.05) is 48.5 Å². The Morgan fingerprint density at radius 2 is 2.00 bits per heavy atom. The zero-order chi connectivity index (χ0) is 15.8. The third-order valence-corrected chi connectivity index (χ3v) is 3.37. The Morgan fingerprint density at radius 3 is 2.68 bits per heavy atom. The van der Waals surface area contributed by atoms with Crippen molar-refractivity contribution in [1.82, 2.24) is 0 Å². The number of hydrogen-bond donors (Lipinski definition) is 1. The second-order valence-corrected chi connectivity index (χ2v) is 5.67. The molecule has 4 heteroatoms. The van der Waals surface area contributed by atoms with Gasteiger partial charge in [-0.25, -0.2) is 0 Å². The zero-order valence-electron chi connectivity index (χ0n) is 12.4. The molecule has 1 N–H and O–H groups in total. The van der Waals surface area contributed by atoms with Gasteiger partial charge in [-0.2, -0.15) is 0 Å². The molecular weight excluding hydrogens is 342 g/mol. The van der Waals surface area contributed by atoms with E-state index in [9.17, 15) is 4.79 Å². The number of carbonyl (C=O) groups excluding carboxylic acids is 1. The Hall–Kier alpha value is -2.07. The smallest absolute Gasteiger partial charge is 0.248 e. The molecule has 2 rings (SSSR count). The summed E-state index contributed by atoms with van der Waals surface area (Å²) in [6.45, 7) is 2.78. The fraction of sp³-hybridized carbons (Fsp3) is 0.167. The average molecular weight is 360 g/mol. The van der Waals surface area contributed by atoms with Crippen LogP contribution in [0.5, 0.6) is 5.75 Å². The summed E-state index contributed by atoms with van der Waals surface area (Å²) in [5, 5.41) is 2.81.